The van der Waals surface area contributed by atoms with Gasteiger partial charge in [0.1, 0.15) is 0 Å². The Hall–Kier alpha value is 0.630. The second-order valence-corrected chi connectivity index (χ2v) is 6.40. The maximum atomic E-state index is 11.1. The molecule has 0 fully saturated rings. The Morgan fingerprint density at radius 1 is 1.40 bits per heavy atom. The molecule has 0 aromatic heterocycles. The molecule has 90 valence electrons. The number of rotatable bonds is 5. The first-order valence-corrected chi connectivity index (χ1v) is 6.19. The van der Waals surface area contributed by atoms with Crippen molar-refractivity contribution in [3.63, 3.8) is 0 Å². The van der Waals surface area contributed by atoms with E-state index in [2.05, 4.69) is 0 Å². The van der Waals surface area contributed by atoms with Crippen molar-refractivity contribution in [2.24, 2.45) is 5.92 Å². The van der Waals surface area contributed by atoms with Crippen LogP contribution in [0.4, 0.5) is 0 Å². The van der Waals surface area contributed by atoms with Gasteiger partial charge in [0.15, 0.2) is 3.79 Å². The zero-order valence-electron chi connectivity index (χ0n) is 8.60. The van der Waals surface area contributed by atoms with E-state index in [-0.39, 0.29) is 30.1 Å². The first kappa shape index (κ1) is 15.6. The third-order valence-corrected chi connectivity index (χ3v) is 2.89. The average molecular weight is 296 g/mol. The van der Waals surface area contributed by atoms with E-state index in [1.54, 1.807) is 6.92 Å². The maximum absolute atomic E-state index is 11.1. The fraction of sp³-hybridized carbons (Fsp3) is 0.889. The molecule has 0 saturated carbocycles. The van der Waals surface area contributed by atoms with Gasteiger partial charge in [0, 0.05) is 18.2 Å². The summed E-state index contributed by atoms with van der Waals surface area (Å²) in [7, 11) is 0. The molecule has 0 aromatic carbocycles. The number of halogens is 4. The summed E-state index contributed by atoms with van der Waals surface area (Å²) in [5.74, 6) is -0.360. The van der Waals surface area contributed by atoms with E-state index in [1.165, 1.54) is 0 Å². The topological polar surface area (TPSA) is 26.3 Å². The summed E-state index contributed by atoms with van der Waals surface area (Å²) in [6, 6.07) is 0. The van der Waals surface area contributed by atoms with Gasteiger partial charge >= 0.3 is 5.97 Å². The predicted octanol–water partition coefficient (Wildman–Crippen LogP) is 3.94. The molecule has 0 aromatic rings. The minimum Gasteiger partial charge on any atom is -0.466 e. The lowest BCUT2D eigenvalue weighted by atomic mass is 10.0. The second kappa shape index (κ2) is 7.05. The molecule has 0 spiro atoms. The van der Waals surface area contributed by atoms with Crippen molar-refractivity contribution in [3.8, 4) is 0 Å². The van der Waals surface area contributed by atoms with E-state index in [0.29, 0.717) is 6.61 Å². The molecule has 0 aliphatic heterocycles. The number of ether oxygens (including phenoxy) is 1. The lowest BCUT2D eigenvalue weighted by molar-refractivity contribution is -0.144. The number of carbonyl (C=O) groups excluding carboxylic acids is 1. The molecule has 0 heterocycles. The van der Waals surface area contributed by atoms with E-state index in [4.69, 9.17) is 51.1 Å². The highest BCUT2D eigenvalue weighted by molar-refractivity contribution is 6.67. The monoisotopic (exact) mass is 294 g/mol. The summed E-state index contributed by atoms with van der Waals surface area (Å²) in [4.78, 5) is 11.1. The van der Waals surface area contributed by atoms with Gasteiger partial charge in [-0.05, 0) is 12.8 Å². The number of hydrogen-bond donors (Lipinski definition) is 0. The van der Waals surface area contributed by atoms with Crippen LogP contribution in [0, 0.1) is 5.92 Å². The molecule has 0 radical (unpaired) electrons. The average Bonchev–Trinajstić information content (AvgIpc) is 2.00. The van der Waals surface area contributed by atoms with E-state index >= 15 is 0 Å². The SMILES string of the molecule is CCOC(=O)CC(C)C(Cl)CC(Cl)(Cl)Cl. The fourth-order valence-electron chi connectivity index (χ4n) is 1.03. The third kappa shape index (κ3) is 8.44. The van der Waals surface area contributed by atoms with Gasteiger partial charge in [0.05, 0.1) is 6.61 Å². The summed E-state index contributed by atoms with van der Waals surface area (Å²) in [6.07, 6.45) is 0.447. The third-order valence-electron chi connectivity index (χ3n) is 1.84. The molecule has 15 heavy (non-hydrogen) atoms. The number of esters is 1. The molecule has 0 saturated heterocycles. The second-order valence-electron chi connectivity index (χ2n) is 3.32. The lowest BCUT2D eigenvalue weighted by Gasteiger charge is -2.20. The first-order chi connectivity index (χ1) is 6.76. The van der Waals surface area contributed by atoms with Crippen molar-refractivity contribution in [2.45, 2.75) is 35.9 Å². The minimum absolute atomic E-state index is 0.0821. The van der Waals surface area contributed by atoms with E-state index in [9.17, 15) is 4.79 Å². The summed E-state index contributed by atoms with van der Waals surface area (Å²) in [6.45, 7) is 3.94. The Kier molecular flexibility index (Phi) is 7.35. The molecule has 0 aliphatic carbocycles. The van der Waals surface area contributed by atoms with Crippen LogP contribution in [0.5, 0.6) is 0 Å². The first-order valence-electron chi connectivity index (χ1n) is 4.62. The van der Waals surface area contributed by atoms with Gasteiger partial charge in [-0.1, -0.05) is 41.7 Å². The van der Waals surface area contributed by atoms with Crippen LogP contribution in [-0.2, 0) is 9.53 Å². The van der Waals surface area contributed by atoms with Crippen LogP contribution in [0.15, 0.2) is 0 Å². The van der Waals surface area contributed by atoms with Gasteiger partial charge in [0.2, 0.25) is 0 Å². The Morgan fingerprint density at radius 2 is 1.93 bits per heavy atom. The summed E-state index contributed by atoms with van der Waals surface area (Å²) in [5, 5.41) is -0.359. The zero-order valence-corrected chi connectivity index (χ0v) is 11.6. The highest BCUT2D eigenvalue weighted by Crippen LogP contribution is 2.35. The normalized spacial score (nSPS) is 15.9. The Balaban J connectivity index is 3.99. The van der Waals surface area contributed by atoms with Crippen LogP contribution >= 0.6 is 46.4 Å². The largest absolute Gasteiger partial charge is 0.466 e. The lowest BCUT2D eigenvalue weighted by Crippen LogP contribution is -2.22. The number of hydrogen-bond acceptors (Lipinski definition) is 2. The minimum atomic E-state index is -1.38. The van der Waals surface area contributed by atoms with Gasteiger partial charge < -0.3 is 4.74 Å². The summed E-state index contributed by atoms with van der Waals surface area (Å²) in [5.41, 5.74) is 0. The highest BCUT2D eigenvalue weighted by Gasteiger charge is 2.28. The molecular formula is C9H14Cl4O2. The Morgan fingerprint density at radius 3 is 2.33 bits per heavy atom. The molecule has 0 bridgehead atoms. The summed E-state index contributed by atoms with van der Waals surface area (Å²) >= 11 is 22.8. The van der Waals surface area contributed by atoms with Gasteiger partial charge in [-0.25, -0.2) is 0 Å². The van der Waals surface area contributed by atoms with Gasteiger partial charge in [-0.15, -0.1) is 11.6 Å². The van der Waals surface area contributed by atoms with Gasteiger partial charge in [-0.2, -0.15) is 0 Å². The molecule has 0 amide bonds. The molecule has 2 unspecified atom stereocenters. The van der Waals surface area contributed by atoms with Crippen LogP contribution in [0.1, 0.15) is 26.7 Å². The molecule has 0 rings (SSSR count). The van der Waals surface area contributed by atoms with Crippen molar-refractivity contribution in [1.29, 1.82) is 0 Å². The fourth-order valence-corrected chi connectivity index (χ4v) is 2.09. The van der Waals surface area contributed by atoms with Gasteiger partial charge in [-0.3, -0.25) is 4.79 Å². The molecule has 0 aliphatic rings. The van der Waals surface area contributed by atoms with Crippen molar-refractivity contribution in [1.82, 2.24) is 0 Å². The number of alkyl halides is 4. The van der Waals surface area contributed by atoms with Gasteiger partial charge in [0.25, 0.3) is 0 Å². The van der Waals surface area contributed by atoms with E-state index in [0.717, 1.165) is 0 Å². The molecule has 6 heteroatoms. The number of carbonyl (C=O) groups is 1. The quantitative estimate of drug-likeness (QED) is 0.567. The van der Waals surface area contributed by atoms with E-state index < -0.39 is 3.79 Å². The molecule has 2 nitrogen and oxygen atoms in total. The predicted molar refractivity (Wildman–Crippen MR) is 65.0 cm³/mol. The highest BCUT2D eigenvalue weighted by atomic mass is 35.6. The van der Waals surface area contributed by atoms with Crippen molar-refractivity contribution in [2.75, 3.05) is 6.61 Å². The molecule has 0 N–H and O–H groups in total. The Bertz CT molecular complexity index is 203. The van der Waals surface area contributed by atoms with Crippen molar-refractivity contribution < 1.29 is 9.53 Å². The standard InChI is InChI=1S/C9H14Cl4O2/c1-3-15-8(14)4-6(2)7(10)5-9(11,12)13/h6-7H,3-5H2,1-2H3. The molecule has 2 atom stereocenters. The van der Waals surface area contributed by atoms with Crippen molar-refractivity contribution in [3.05, 3.63) is 0 Å². The molecular weight excluding hydrogens is 282 g/mol. The van der Waals surface area contributed by atoms with Crippen LogP contribution in [-0.4, -0.2) is 21.7 Å². The van der Waals surface area contributed by atoms with Crippen LogP contribution in [0.2, 0.25) is 0 Å². The Labute approximate surface area is 110 Å². The maximum Gasteiger partial charge on any atom is 0.306 e. The van der Waals surface area contributed by atoms with Crippen LogP contribution in [0.3, 0.4) is 0 Å². The summed E-state index contributed by atoms with van der Waals surface area (Å²) < 4.78 is 3.42. The smallest absolute Gasteiger partial charge is 0.306 e. The van der Waals surface area contributed by atoms with E-state index in [1.807, 2.05) is 6.92 Å². The van der Waals surface area contributed by atoms with Crippen LogP contribution in [0.25, 0.3) is 0 Å². The van der Waals surface area contributed by atoms with Crippen molar-refractivity contribution >= 4 is 52.4 Å². The zero-order chi connectivity index (χ0) is 12.1. The van der Waals surface area contributed by atoms with Crippen LogP contribution < -0.4 is 0 Å².